The minimum absolute atomic E-state index is 0.251. The van der Waals surface area contributed by atoms with Crippen molar-refractivity contribution in [3.05, 3.63) is 0 Å². The zero-order valence-electron chi connectivity index (χ0n) is 9.31. The van der Waals surface area contributed by atoms with Crippen LogP contribution in [-0.2, 0) is 9.26 Å². The van der Waals surface area contributed by atoms with Gasteiger partial charge in [-0.05, 0) is 18.1 Å². The van der Waals surface area contributed by atoms with Crippen LogP contribution in [0.2, 0.25) is 18.1 Å². The van der Waals surface area contributed by atoms with Crippen molar-refractivity contribution in [2.45, 2.75) is 45.0 Å². The minimum atomic E-state index is -1.59. The van der Waals surface area contributed by atoms with Crippen molar-refractivity contribution in [3.8, 4) is 0 Å². The van der Waals surface area contributed by atoms with E-state index >= 15 is 0 Å². The Labute approximate surface area is 81.9 Å². The number of nitrogens with one attached hydrogen (secondary N) is 1. The maximum absolute atomic E-state index is 6.11. The summed E-state index contributed by atoms with van der Waals surface area (Å²) in [7, 11) is -1.59. The predicted molar refractivity (Wildman–Crippen MR) is 56.0 cm³/mol. The predicted octanol–water partition coefficient (Wildman–Crippen LogP) is 1.91. The van der Waals surface area contributed by atoms with Crippen LogP contribution in [0.5, 0.6) is 0 Å². The van der Waals surface area contributed by atoms with Gasteiger partial charge in [-0.25, -0.2) is 0 Å². The van der Waals surface area contributed by atoms with Crippen LogP contribution in [0.3, 0.4) is 0 Å². The van der Waals surface area contributed by atoms with Gasteiger partial charge in [-0.2, -0.15) is 5.48 Å². The quantitative estimate of drug-likeness (QED) is 0.695. The Hall–Kier alpha value is 0.0969. The average Bonchev–Trinajstić information content (AvgIpc) is 2.35. The Morgan fingerprint density at radius 2 is 2.00 bits per heavy atom. The molecule has 0 aromatic rings. The molecule has 1 unspecified atom stereocenters. The Kier molecular flexibility index (Phi) is 3.17. The summed E-state index contributed by atoms with van der Waals surface area (Å²) in [6.45, 7) is 12.8. The Balaban J connectivity index is 2.50. The Morgan fingerprint density at radius 1 is 1.38 bits per heavy atom. The average molecular weight is 203 g/mol. The van der Waals surface area contributed by atoms with Gasteiger partial charge in [-0.15, -0.1) is 0 Å². The van der Waals surface area contributed by atoms with Crippen molar-refractivity contribution >= 4 is 8.32 Å². The van der Waals surface area contributed by atoms with Gasteiger partial charge in [0, 0.05) is 6.54 Å². The zero-order chi connectivity index (χ0) is 10.1. The van der Waals surface area contributed by atoms with Gasteiger partial charge in [0.25, 0.3) is 0 Å². The van der Waals surface area contributed by atoms with Gasteiger partial charge >= 0.3 is 0 Å². The molecular formula is C9H21NO2Si. The molecule has 0 aliphatic carbocycles. The maximum atomic E-state index is 6.11. The molecular weight excluding hydrogens is 182 g/mol. The van der Waals surface area contributed by atoms with E-state index in [2.05, 4.69) is 39.3 Å². The first-order valence-corrected chi connectivity index (χ1v) is 7.76. The second-order valence-corrected chi connectivity index (χ2v) is 9.92. The summed E-state index contributed by atoms with van der Waals surface area (Å²) in [5, 5.41) is 0.287. The van der Waals surface area contributed by atoms with Crippen LogP contribution < -0.4 is 5.48 Å². The summed E-state index contributed by atoms with van der Waals surface area (Å²) in [4.78, 5) is 5.06. The summed E-state index contributed by atoms with van der Waals surface area (Å²) in [6.07, 6.45) is 0.251. The zero-order valence-corrected chi connectivity index (χ0v) is 10.3. The van der Waals surface area contributed by atoms with Crippen molar-refractivity contribution in [3.63, 3.8) is 0 Å². The molecule has 78 valence electrons. The first-order valence-electron chi connectivity index (χ1n) is 4.85. The van der Waals surface area contributed by atoms with E-state index in [9.17, 15) is 0 Å². The lowest BCUT2D eigenvalue weighted by Crippen LogP contribution is -2.45. The second-order valence-electron chi connectivity index (χ2n) is 5.16. The van der Waals surface area contributed by atoms with Crippen molar-refractivity contribution in [1.82, 2.24) is 5.48 Å². The lowest BCUT2D eigenvalue weighted by atomic mass is 10.2. The van der Waals surface area contributed by atoms with E-state index in [4.69, 9.17) is 9.26 Å². The number of hydroxylamine groups is 1. The van der Waals surface area contributed by atoms with E-state index in [0.29, 0.717) is 6.61 Å². The Morgan fingerprint density at radius 3 is 2.38 bits per heavy atom. The molecule has 0 amide bonds. The third kappa shape index (κ3) is 2.77. The fraction of sp³-hybridized carbons (Fsp3) is 1.00. The molecule has 13 heavy (non-hydrogen) atoms. The third-order valence-electron chi connectivity index (χ3n) is 2.95. The van der Waals surface area contributed by atoms with Crippen molar-refractivity contribution in [2.24, 2.45) is 0 Å². The van der Waals surface area contributed by atoms with Gasteiger partial charge < -0.3 is 4.43 Å². The SMILES string of the molecule is CC(C)(C)[Si](C)(C)OC1CNOC1. The summed E-state index contributed by atoms with van der Waals surface area (Å²) in [6, 6.07) is 0. The van der Waals surface area contributed by atoms with Gasteiger partial charge in [0.1, 0.15) is 0 Å². The number of rotatable bonds is 2. The number of hydrogen-bond acceptors (Lipinski definition) is 3. The van der Waals surface area contributed by atoms with Crippen LogP contribution in [0.4, 0.5) is 0 Å². The molecule has 0 bridgehead atoms. The monoisotopic (exact) mass is 203 g/mol. The lowest BCUT2D eigenvalue weighted by molar-refractivity contribution is 0.0814. The molecule has 0 aromatic heterocycles. The molecule has 0 spiro atoms. The molecule has 1 saturated heterocycles. The molecule has 0 aromatic carbocycles. The molecule has 0 radical (unpaired) electrons. The van der Waals surface area contributed by atoms with Crippen LogP contribution >= 0.6 is 0 Å². The number of hydrogen-bond donors (Lipinski definition) is 1. The Bertz CT molecular complexity index is 171. The smallest absolute Gasteiger partial charge is 0.192 e. The van der Waals surface area contributed by atoms with Crippen LogP contribution in [0, 0.1) is 0 Å². The van der Waals surface area contributed by atoms with Crippen molar-refractivity contribution in [2.75, 3.05) is 13.2 Å². The highest BCUT2D eigenvalue weighted by Crippen LogP contribution is 2.37. The molecule has 3 nitrogen and oxygen atoms in total. The molecule has 0 saturated carbocycles. The van der Waals surface area contributed by atoms with Crippen LogP contribution in [0.15, 0.2) is 0 Å². The van der Waals surface area contributed by atoms with E-state index < -0.39 is 8.32 Å². The molecule has 1 aliphatic rings. The summed E-state index contributed by atoms with van der Waals surface area (Å²) < 4.78 is 6.11. The fourth-order valence-corrected chi connectivity index (χ4v) is 2.37. The lowest BCUT2D eigenvalue weighted by Gasteiger charge is -2.37. The van der Waals surface area contributed by atoms with Crippen LogP contribution in [0.25, 0.3) is 0 Å². The third-order valence-corrected chi connectivity index (χ3v) is 7.48. The first kappa shape index (κ1) is 11.2. The van der Waals surface area contributed by atoms with Gasteiger partial charge in [0.15, 0.2) is 8.32 Å². The molecule has 4 heteroatoms. The van der Waals surface area contributed by atoms with Crippen molar-refractivity contribution < 1.29 is 9.26 Å². The van der Waals surface area contributed by atoms with E-state index in [1.54, 1.807) is 0 Å². The van der Waals surface area contributed by atoms with E-state index in [-0.39, 0.29) is 11.1 Å². The molecule has 1 aliphatic heterocycles. The standard InChI is InChI=1S/C9H21NO2Si/c1-9(2,3)13(4,5)12-8-6-10-11-7-8/h8,10H,6-7H2,1-5H3. The largest absolute Gasteiger partial charge is 0.410 e. The van der Waals surface area contributed by atoms with E-state index in [1.165, 1.54) is 0 Å². The first-order chi connectivity index (χ1) is 5.83. The van der Waals surface area contributed by atoms with Gasteiger partial charge in [-0.3, -0.25) is 4.84 Å². The van der Waals surface area contributed by atoms with Gasteiger partial charge in [-0.1, -0.05) is 20.8 Å². The van der Waals surface area contributed by atoms with E-state index in [0.717, 1.165) is 6.54 Å². The van der Waals surface area contributed by atoms with Gasteiger partial charge in [0.05, 0.1) is 12.7 Å². The highest BCUT2D eigenvalue weighted by Gasteiger charge is 2.39. The summed E-state index contributed by atoms with van der Waals surface area (Å²) in [5.74, 6) is 0. The second kappa shape index (κ2) is 3.69. The normalized spacial score (nSPS) is 25.2. The van der Waals surface area contributed by atoms with Crippen molar-refractivity contribution in [1.29, 1.82) is 0 Å². The fourth-order valence-electron chi connectivity index (χ4n) is 1.03. The maximum Gasteiger partial charge on any atom is 0.192 e. The molecule has 1 fully saturated rings. The van der Waals surface area contributed by atoms with E-state index in [1.807, 2.05) is 0 Å². The summed E-state index contributed by atoms with van der Waals surface area (Å²) in [5.41, 5.74) is 2.84. The highest BCUT2D eigenvalue weighted by atomic mass is 28.4. The molecule has 1 rings (SSSR count). The highest BCUT2D eigenvalue weighted by molar-refractivity contribution is 6.74. The van der Waals surface area contributed by atoms with Crippen LogP contribution in [0.1, 0.15) is 20.8 Å². The summed E-state index contributed by atoms with van der Waals surface area (Å²) >= 11 is 0. The molecule has 1 atom stereocenters. The topological polar surface area (TPSA) is 30.5 Å². The van der Waals surface area contributed by atoms with Crippen LogP contribution in [-0.4, -0.2) is 27.6 Å². The molecule has 1 heterocycles. The van der Waals surface area contributed by atoms with Gasteiger partial charge in [0.2, 0.25) is 0 Å². The minimum Gasteiger partial charge on any atom is -0.410 e. The molecule has 1 N–H and O–H groups in total.